The Morgan fingerprint density at radius 1 is 1.43 bits per heavy atom. The van der Waals surface area contributed by atoms with Crippen molar-refractivity contribution in [2.24, 2.45) is 5.84 Å². The number of phenolic OH excluding ortho intramolecular Hbond substituents is 1. The molecule has 3 nitrogen and oxygen atoms in total. The zero-order valence-corrected chi connectivity index (χ0v) is 8.54. The summed E-state index contributed by atoms with van der Waals surface area (Å²) in [4.78, 5) is 0. The van der Waals surface area contributed by atoms with Crippen LogP contribution in [-0.2, 0) is 0 Å². The fourth-order valence-electron chi connectivity index (χ4n) is 2.49. The molecule has 0 bridgehead atoms. The molecule has 1 aliphatic carbocycles. The number of nitrogens with one attached hydrogen (secondary N) is 1. The number of hydrogen-bond donors (Lipinski definition) is 3. The summed E-state index contributed by atoms with van der Waals surface area (Å²) < 4.78 is 0. The summed E-state index contributed by atoms with van der Waals surface area (Å²) in [5, 5.41) is 9.78. The number of fused-ring (bicyclic) bond motifs is 1. The van der Waals surface area contributed by atoms with Gasteiger partial charge in [0.05, 0.1) is 6.04 Å². The van der Waals surface area contributed by atoms with Gasteiger partial charge in [-0.25, -0.2) is 0 Å². The third kappa shape index (κ3) is 1.21. The Morgan fingerprint density at radius 3 is 2.79 bits per heavy atom. The van der Waals surface area contributed by atoms with Crippen LogP contribution in [0, 0.1) is 6.92 Å². The topological polar surface area (TPSA) is 58.3 Å². The highest BCUT2D eigenvalue weighted by molar-refractivity contribution is 5.50. The minimum absolute atomic E-state index is 0.0971. The predicted octanol–water partition coefficient (Wildman–Crippen LogP) is 1.71. The smallest absolute Gasteiger partial charge is 0.120 e. The average molecular weight is 192 g/mol. The third-order valence-electron chi connectivity index (χ3n) is 3.11. The summed E-state index contributed by atoms with van der Waals surface area (Å²) in [5.41, 5.74) is 6.24. The van der Waals surface area contributed by atoms with Gasteiger partial charge in [0, 0.05) is 5.56 Å². The van der Waals surface area contributed by atoms with Gasteiger partial charge >= 0.3 is 0 Å². The first-order valence-electron chi connectivity index (χ1n) is 4.93. The van der Waals surface area contributed by atoms with E-state index in [-0.39, 0.29) is 6.04 Å². The van der Waals surface area contributed by atoms with Crippen LogP contribution in [0.25, 0.3) is 0 Å². The van der Waals surface area contributed by atoms with Crippen LogP contribution in [0.4, 0.5) is 0 Å². The summed E-state index contributed by atoms with van der Waals surface area (Å²) in [7, 11) is 0. The van der Waals surface area contributed by atoms with Crippen molar-refractivity contribution in [3.05, 3.63) is 28.8 Å². The molecule has 0 heterocycles. The van der Waals surface area contributed by atoms with Gasteiger partial charge in [-0.2, -0.15) is 0 Å². The fourth-order valence-corrected chi connectivity index (χ4v) is 2.49. The van der Waals surface area contributed by atoms with Crippen LogP contribution >= 0.6 is 0 Å². The van der Waals surface area contributed by atoms with E-state index in [4.69, 9.17) is 5.84 Å². The molecule has 0 unspecified atom stereocenters. The van der Waals surface area contributed by atoms with Crippen molar-refractivity contribution in [1.82, 2.24) is 5.43 Å². The highest BCUT2D eigenvalue weighted by Gasteiger charge is 2.31. The Labute approximate surface area is 83.9 Å². The first kappa shape index (κ1) is 9.49. The molecule has 14 heavy (non-hydrogen) atoms. The van der Waals surface area contributed by atoms with Gasteiger partial charge in [0.15, 0.2) is 0 Å². The first-order chi connectivity index (χ1) is 6.65. The minimum atomic E-state index is 0.0971. The van der Waals surface area contributed by atoms with Crippen molar-refractivity contribution < 1.29 is 5.11 Å². The van der Waals surface area contributed by atoms with Gasteiger partial charge in [0.25, 0.3) is 0 Å². The van der Waals surface area contributed by atoms with Crippen LogP contribution in [0.3, 0.4) is 0 Å². The van der Waals surface area contributed by atoms with Crippen molar-refractivity contribution >= 4 is 0 Å². The lowest BCUT2D eigenvalue weighted by molar-refractivity contribution is 0.449. The van der Waals surface area contributed by atoms with Crippen LogP contribution < -0.4 is 11.3 Å². The zero-order chi connectivity index (χ0) is 10.3. The lowest BCUT2D eigenvalue weighted by Crippen LogP contribution is -2.26. The van der Waals surface area contributed by atoms with E-state index >= 15 is 0 Å². The maximum atomic E-state index is 9.78. The highest BCUT2D eigenvalue weighted by Crippen LogP contribution is 2.45. The van der Waals surface area contributed by atoms with E-state index in [0.29, 0.717) is 11.7 Å². The molecule has 0 radical (unpaired) electrons. The van der Waals surface area contributed by atoms with Gasteiger partial charge in [-0.1, -0.05) is 13.0 Å². The number of phenols is 1. The Hall–Kier alpha value is -1.06. The lowest BCUT2D eigenvalue weighted by Gasteiger charge is -2.12. The Kier molecular flexibility index (Phi) is 2.21. The number of nitrogens with two attached hydrogens (primary N) is 1. The molecule has 1 aromatic carbocycles. The average Bonchev–Trinajstić information content (AvgIpc) is 2.50. The fraction of sp³-hybridized carbons (Fsp3) is 0.455. The van der Waals surface area contributed by atoms with Crippen LogP contribution in [0.2, 0.25) is 0 Å². The monoisotopic (exact) mass is 192 g/mol. The number of hydrazine groups is 1. The first-order valence-corrected chi connectivity index (χ1v) is 4.93. The Bertz CT molecular complexity index is 363. The van der Waals surface area contributed by atoms with Gasteiger partial charge in [0.2, 0.25) is 0 Å². The second-order valence-electron chi connectivity index (χ2n) is 4.08. The summed E-state index contributed by atoms with van der Waals surface area (Å²) in [6.07, 6.45) is 0.963. The van der Waals surface area contributed by atoms with Crippen LogP contribution in [0.5, 0.6) is 5.75 Å². The third-order valence-corrected chi connectivity index (χ3v) is 3.11. The van der Waals surface area contributed by atoms with Gasteiger partial charge in [-0.15, -0.1) is 0 Å². The van der Waals surface area contributed by atoms with Gasteiger partial charge in [-0.3, -0.25) is 11.3 Å². The van der Waals surface area contributed by atoms with E-state index in [1.54, 1.807) is 6.07 Å². The summed E-state index contributed by atoms with van der Waals surface area (Å²) in [6.45, 7) is 4.25. The second kappa shape index (κ2) is 3.26. The van der Waals surface area contributed by atoms with E-state index in [1.165, 1.54) is 11.1 Å². The molecule has 0 saturated carbocycles. The number of rotatable bonds is 1. The lowest BCUT2D eigenvalue weighted by atomic mass is 9.97. The molecule has 0 amide bonds. The Balaban J connectivity index is 2.60. The van der Waals surface area contributed by atoms with Crippen LogP contribution in [0.1, 0.15) is 42.0 Å². The number of benzene rings is 1. The molecule has 1 aromatic rings. The minimum Gasteiger partial charge on any atom is -0.508 e. The molecule has 0 saturated heterocycles. The predicted molar refractivity (Wildman–Crippen MR) is 55.9 cm³/mol. The summed E-state index contributed by atoms with van der Waals surface area (Å²) in [5.74, 6) is 6.30. The molecule has 0 spiro atoms. The molecule has 2 atom stereocenters. The molecule has 4 N–H and O–H groups in total. The molecular weight excluding hydrogens is 176 g/mol. The normalized spacial score (nSPS) is 25.1. The maximum absolute atomic E-state index is 9.78. The van der Waals surface area contributed by atoms with E-state index in [1.807, 2.05) is 6.07 Å². The van der Waals surface area contributed by atoms with Crippen molar-refractivity contribution in [3.8, 4) is 5.75 Å². The van der Waals surface area contributed by atoms with E-state index in [9.17, 15) is 5.11 Å². The maximum Gasteiger partial charge on any atom is 0.120 e. The summed E-state index contributed by atoms with van der Waals surface area (Å²) >= 11 is 0. The van der Waals surface area contributed by atoms with E-state index in [0.717, 1.165) is 12.0 Å². The zero-order valence-electron chi connectivity index (χ0n) is 8.54. The van der Waals surface area contributed by atoms with Crippen molar-refractivity contribution in [2.75, 3.05) is 0 Å². The number of hydrogen-bond acceptors (Lipinski definition) is 3. The summed E-state index contributed by atoms with van der Waals surface area (Å²) in [6, 6.07) is 3.81. The molecule has 3 heteroatoms. The van der Waals surface area contributed by atoms with E-state index in [2.05, 4.69) is 19.3 Å². The van der Waals surface area contributed by atoms with Gasteiger partial charge in [-0.05, 0) is 36.5 Å². The number of aromatic hydroxyl groups is 1. The molecule has 0 aromatic heterocycles. The van der Waals surface area contributed by atoms with E-state index < -0.39 is 0 Å². The molecule has 0 aliphatic heterocycles. The van der Waals surface area contributed by atoms with Crippen LogP contribution in [0.15, 0.2) is 12.1 Å². The standard InChI is InChI=1S/C11H16N2O/c1-6-3-4-9(14)11-8(13-12)5-7(2)10(6)11/h3-4,7-8,13-14H,5,12H2,1-2H3/t7-,8-/m0/s1. The molecular formula is C11H16N2O. The SMILES string of the molecule is Cc1ccc(O)c2c1[C@@H](C)C[C@@H]2NN. The van der Waals surface area contributed by atoms with Crippen molar-refractivity contribution in [3.63, 3.8) is 0 Å². The van der Waals surface area contributed by atoms with Crippen LogP contribution in [-0.4, -0.2) is 5.11 Å². The molecule has 76 valence electrons. The van der Waals surface area contributed by atoms with Crippen molar-refractivity contribution in [1.29, 1.82) is 0 Å². The number of aryl methyl sites for hydroxylation is 1. The van der Waals surface area contributed by atoms with Gasteiger partial charge < -0.3 is 5.11 Å². The molecule has 1 aliphatic rings. The molecule has 2 rings (SSSR count). The Morgan fingerprint density at radius 2 is 2.14 bits per heavy atom. The van der Waals surface area contributed by atoms with Crippen molar-refractivity contribution in [2.45, 2.75) is 32.2 Å². The molecule has 0 fully saturated rings. The largest absolute Gasteiger partial charge is 0.508 e. The quantitative estimate of drug-likeness (QED) is 0.469. The second-order valence-corrected chi connectivity index (χ2v) is 4.08. The van der Waals surface area contributed by atoms with Gasteiger partial charge in [0.1, 0.15) is 5.75 Å². The highest BCUT2D eigenvalue weighted by atomic mass is 16.3.